The van der Waals surface area contributed by atoms with Gasteiger partial charge in [-0.25, -0.2) is 0 Å². The summed E-state index contributed by atoms with van der Waals surface area (Å²) in [4.78, 5) is 22.3. The number of anilines is 2. The molecule has 2 aromatic carbocycles. The summed E-state index contributed by atoms with van der Waals surface area (Å²) in [6, 6.07) is 12.3. The van der Waals surface area contributed by atoms with Crippen molar-refractivity contribution >= 4 is 46.2 Å². The number of benzene rings is 2. The van der Waals surface area contributed by atoms with Crippen molar-refractivity contribution in [3.63, 3.8) is 0 Å². The van der Waals surface area contributed by atoms with E-state index < -0.39 is 10.8 Å². The highest BCUT2D eigenvalue weighted by atomic mass is 35.5. The highest BCUT2D eigenvalue weighted by Gasteiger charge is 2.15. The molecule has 0 radical (unpaired) electrons. The van der Waals surface area contributed by atoms with Crippen molar-refractivity contribution in [2.24, 2.45) is 0 Å². The molecule has 2 N–H and O–H groups in total. The number of carbonyl (C=O) groups is 1. The van der Waals surface area contributed by atoms with Crippen LogP contribution in [0.4, 0.5) is 17.1 Å². The lowest BCUT2D eigenvalue weighted by Crippen LogP contribution is -2.14. The van der Waals surface area contributed by atoms with Gasteiger partial charge < -0.3 is 10.6 Å². The van der Waals surface area contributed by atoms with Crippen LogP contribution in [-0.2, 0) is 4.79 Å². The van der Waals surface area contributed by atoms with Crippen molar-refractivity contribution in [1.82, 2.24) is 0 Å². The van der Waals surface area contributed by atoms with E-state index in [9.17, 15) is 14.9 Å². The first-order chi connectivity index (χ1) is 11.9. The van der Waals surface area contributed by atoms with Crippen LogP contribution >= 0.6 is 23.2 Å². The summed E-state index contributed by atoms with van der Waals surface area (Å²) in [7, 11) is 0. The molecule has 0 bridgehead atoms. The standard InChI is InChI=1S/C16H10Cl2N4O3/c17-11-2-1-3-12(6-11)20-9-10(8-19)16(23)21-13-4-5-14(18)15(7-13)22(24)25/h1-7,9,20H,(H,21,23)/b10-9-. The van der Waals surface area contributed by atoms with Gasteiger partial charge in [0, 0.05) is 28.7 Å². The third-order valence-corrected chi connectivity index (χ3v) is 3.53. The molecule has 1 amide bonds. The Labute approximate surface area is 152 Å². The topological polar surface area (TPSA) is 108 Å². The monoisotopic (exact) mass is 376 g/mol. The molecule has 2 rings (SSSR count). The minimum atomic E-state index is -0.728. The Kier molecular flexibility index (Phi) is 5.95. The summed E-state index contributed by atoms with van der Waals surface area (Å²) in [6.07, 6.45) is 1.21. The number of halogens is 2. The maximum atomic E-state index is 12.1. The summed E-state index contributed by atoms with van der Waals surface area (Å²) in [5.41, 5.74) is 0.164. The van der Waals surface area contributed by atoms with Crippen LogP contribution < -0.4 is 10.6 Å². The fourth-order valence-corrected chi connectivity index (χ4v) is 2.19. The molecule has 0 saturated carbocycles. The Morgan fingerprint density at radius 1 is 1.20 bits per heavy atom. The molecule has 126 valence electrons. The van der Waals surface area contributed by atoms with Crippen LogP contribution in [0.2, 0.25) is 10.0 Å². The molecule has 0 unspecified atom stereocenters. The summed E-state index contributed by atoms with van der Waals surface area (Å²) < 4.78 is 0. The van der Waals surface area contributed by atoms with Crippen LogP contribution in [0.3, 0.4) is 0 Å². The lowest BCUT2D eigenvalue weighted by Gasteiger charge is -2.06. The quantitative estimate of drug-likeness (QED) is 0.348. The zero-order valence-electron chi connectivity index (χ0n) is 12.5. The second-order valence-electron chi connectivity index (χ2n) is 4.70. The van der Waals surface area contributed by atoms with Gasteiger partial charge in [-0.1, -0.05) is 29.3 Å². The van der Waals surface area contributed by atoms with Gasteiger partial charge in [-0.05, 0) is 30.3 Å². The number of rotatable bonds is 5. The molecule has 7 nitrogen and oxygen atoms in total. The lowest BCUT2D eigenvalue weighted by molar-refractivity contribution is -0.384. The summed E-state index contributed by atoms with van der Waals surface area (Å²) in [5.74, 6) is -0.728. The van der Waals surface area contributed by atoms with E-state index in [2.05, 4.69) is 10.6 Å². The molecule has 0 saturated heterocycles. The first-order valence-corrected chi connectivity index (χ1v) is 7.54. The second kappa shape index (κ2) is 8.15. The fourth-order valence-electron chi connectivity index (χ4n) is 1.81. The van der Waals surface area contributed by atoms with Crippen LogP contribution in [0.15, 0.2) is 54.2 Å². The van der Waals surface area contributed by atoms with Crippen molar-refractivity contribution in [3.05, 3.63) is 74.4 Å². The van der Waals surface area contributed by atoms with Gasteiger partial charge >= 0.3 is 0 Å². The molecule has 2 aromatic rings. The number of nitriles is 1. The Balaban J connectivity index is 2.15. The van der Waals surface area contributed by atoms with Crippen LogP contribution in [0.1, 0.15) is 0 Å². The smallest absolute Gasteiger partial charge is 0.289 e. The van der Waals surface area contributed by atoms with Gasteiger partial charge in [-0.2, -0.15) is 5.26 Å². The predicted octanol–water partition coefficient (Wildman–Crippen LogP) is 4.36. The van der Waals surface area contributed by atoms with Crippen molar-refractivity contribution in [2.75, 3.05) is 10.6 Å². The van der Waals surface area contributed by atoms with E-state index in [1.807, 2.05) is 0 Å². The molecule has 0 aromatic heterocycles. The van der Waals surface area contributed by atoms with Crippen LogP contribution in [-0.4, -0.2) is 10.8 Å². The average molecular weight is 377 g/mol. The molecule has 0 fully saturated rings. The first-order valence-electron chi connectivity index (χ1n) is 6.78. The van der Waals surface area contributed by atoms with E-state index in [4.69, 9.17) is 28.5 Å². The van der Waals surface area contributed by atoms with Gasteiger partial charge in [0.25, 0.3) is 11.6 Å². The lowest BCUT2D eigenvalue weighted by atomic mass is 10.2. The summed E-state index contributed by atoms with van der Waals surface area (Å²) >= 11 is 11.6. The maximum Gasteiger partial charge on any atom is 0.289 e. The summed E-state index contributed by atoms with van der Waals surface area (Å²) in [6.45, 7) is 0. The van der Waals surface area contributed by atoms with Gasteiger partial charge in [0.05, 0.1) is 4.92 Å². The van der Waals surface area contributed by atoms with E-state index >= 15 is 0 Å². The van der Waals surface area contributed by atoms with E-state index in [1.165, 1.54) is 18.3 Å². The fraction of sp³-hybridized carbons (Fsp3) is 0. The minimum Gasteiger partial charge on any atom is -0.360 e. The third-order valence-electron chi connectivity index (χ3n) is 2.97. The van der Waals surface area contributed by atoms with Gasteiger partial charge in [0.15, 0.2) is 0 Å². The Hall–Kier alpha value is -3.08. The third kappa shape index (κ3) is 4.94. The van der Waals surface area contributed by atoms with Gasteiger partial charge in [0.2, 0.25) is 0 Å². The van der Waals surface area contributed by atoms with Crippen molar-refractivity contribution in [2.45, 2.75) is 0 Å². The van der Waals surface area contributed by atoms with E-state index in [1.54, 1.807) is 30.3 Å². The van der Waals surface area contributed by atoms with Crippen molar-refractivity contribution in [1.29, 1.82) is 5.26 Å². The zero-order valence-corrected chi connectivity index (χ0v) is 14.0. The molecular weight excluding hydrogens is 367 g/mol. The molecule has 0 spiro atoms. The first kappa shape index (κ1) is 18.3. The second-order valence-corrected chi connectivity index (χ2v) is 5.55. The number of nitrogens with one attached hydrogen (secondary N) is 2. The van der Waals surface area contributed by atoms with Gasteiger partial charge in [-0.3, -0.25) is 14.9 Å². The van der Waals surface area contributed by atoms with E-state index in [0.717, 1.165) is 6.07 Å². The number of nitro groups is 1. The average Bonchev–Trinajstić information content (AvgIpc) is 2.57. The van der Waals surface area contributed by atoms with Crippen LogP contribution in [0.25, 0.3) is 0 Å². The largest absolute Gasteiger partial charge is 0.360 e. The van der Waals surface area contributed by atoms with Crippen LogP contribution in [0, 0.1) is 21.4 Å². The predicted molar refractivity (Wildman–Crippen MR) is 95.5 cm³/mol. The molecule has 0 aliphatic carbocycles. The Morgan fingerprint density at radius 3 is 2.60 bits per heavy atom. The number of nitro benzene ring substituents is 1. The number of carbonyl (C=O) groups excluding carboxylic acids is 1. The minimum absolute atomic E-state index is 0.0540. The number of hydrogen-bond acceptors (Lipinski definition) is 5. The number of hydrogen-bond donors (Lipinski definition) is 2. The SMILES string of the molecule is N#C/C(=C/Nc1cccc(Cl)c1)C(=O)Nc1ccc(Cl)c([N+](=O)[O-])c1. The number of nitrogens with zero attached hydrogens (tertiary/aromatic N) is 2. The van der Waals surface area contributed by atoms with Gasteiger partial charge in [0.1, 0.15) is 16.7 Å². The molecule has 0 atom stereocenters. The molecule has 25 heavy (non-hydrogen) atoms. The molecule has 0 aliphatic heterocycles. The van der Waals surface area contributed by atoms with Crippen molar-refractivity contribution in [3.8, 4) is 6.07 Å². The van der Waals surface area contributed by atoms with E-state index in [0.29, 0.717) is 10.7 Å². The zero-order chi connectivity index (χ0) is 18.4. The Morgan fingerprint density at radius 2 is 1.96 bits per heavy atom. The van der Waals surface area contributed by atoms with Crippen molar-refractivity contribution < 1.29 is 9.72 Å². The number of amides is 1. The summed E-state index contributed by atoms with van der Waals surface area (Å²) in [5, 5.41) is 25.6. The van der Waals surface area contributed by atoms with Gasteiger partial charge in [-0.15, -0.1) is 0 Å². The molecule has 0 heterocycles. The van der Waals surface area contributed by atoms with Crippen LogP contribution in [0.5, 0.6) is 0 Å². The Bertz CT molecular complexity index is 906. The highest BCUT2D eigenvalue weighted by Crippen LogP contribution is 2.27. The molecule has 9 heteroatoms. The molecular formula is C16H10Cl2N4O3. The highest BCUT2D eigenvalue weighted by molar-refractivity contribution is 6.32. The normalized spacial score (nSPS) is 10.7. The maximum absolute atomic E-state index is 12.1. The van der Waals surface area contributed by atoms with E-state index in [-0.39, 0.29) is 22.0 Å². The molecule has 0 aliphatic rings.